The number of carbonyl (C=O) groups is 1. The molecular formula is C12H23NO2. The molecule has 1 aliphatic carbocycles. The van der Waals surface area contributed by atoms with Crippen LogP contribution in [0.1, 0.15) is 34.1 Å². The minimum atomic E-state index is -0.617. The van der Waals surface area contributed by atoms with Crippen LogP contribution in [0.5, 0.6) is 0 Å². The average Bonchev–Trinajstić information content (AvgIpc) is 2.81. The lowest BCUT2D eigenvalue weighted by molar-refractivity contribution is -0.138. The van der Waals surface area contributed by atoms with E-state index in [4.69, 9.17) is 5.11 Å². The highest BCUT2D eigenvalue weighted by Crippen LogP contribution is 2.39. The number of carboxylic acids is 1. The highest BCUT2D eigenvalue weighted by atomic mass is 16.4. The van der Waals surface area contributed by atoms with Crippen LogP contribution < -0.4 is 0 Å². The van der Waals surface area contributed by atoms with Gasteiger partial charge in [-0.25, -0.2) is 0 Å². The maximum absolute atomic E-state index is 10.7. The van der Waals surface area contributed by atoms with Crippen molar-refractivity contribution >= 4 is 5.97 Å². The molecule has 88 valence electrons. The van der Waals surface area contributed by atoms with Crippen LogP contribution in [-0.4, -0.2) is 35.1 Å². The third-order valence-electron chi connectivity index (χ3n) is 3.04. The summed E-state index contributed by atoms with van der Waals surface area (Å²) in [6, 6.07) is 0.516. The lowest BCUT2D eigenvalue weighted by Crippen LogP contribution is -2.36. The molecule has 0 spiro atoms. The third-order valence-corrected chi connectivity index (χ3v) is 3.04. The maximum atomic E-state index is 10.7. The Morgan fingerprint density at radius 2 is 2.00 bits per heavy atom. The molecule has 1 rings (SSSR count). The summed E-state index contributed by atoms with van der Waals surface area (Å²) in [6.45, 7) is 10.8. The second-order valence-corrected chi connectivity index (χ2v) is 5.38. The smallest absolute Gasteiger partial charge is 0.306 e. The van der Waals surface area contributed by atoms with Crippen molar-refractivity contribution in [2.75, 3.05) is 13.1 Å². The Morgan fingerprint density at radius 1 is 1.40 bits per heavy atom. The van der Waals surface area contributed by atoms with Gasteiger partial charge in [-0.15, -0.1) is 0 Å². The summed E-state index contributed by atoms with van der Waals surface area (Å²) in [5, 5.41) is 8.84. The molecule has 1 fully saturated rings. The minimum absolute atomic E-state index is 0.0709. The number of aliphatic carboxylic acids is 1. The van der Waals surface area contributed by atoms with Gasteiger partial charge in [0.05, 0.1) is 5.92 Å². The van der Waals surface area contributed by atoms with Crippen LogP contribution >= 0.6 is 0 Å². The summed E-state index contributed by atoms with van der Waals surface area (Å²) in [4.78, 5) is 13.1. The van der Waals surface area contributed by atoms with Crippen molar-refractivity contribution in [2.45, 2.75) is 40.2 Å². The van der Waals surface area contributed by atoms with E-state index in [1.165, 1.54) is 0 Å². The summed E-state index contributed by atoms with van der Waals surface area (Å²) < 4.78 is 0. The van der Waals surface area contributed by atoms with Crippen molar-refractivity contribution in [3.63, 3.8) is 0 Å². The van der Waals surface area contributed by atoms with Crippen molar-refractivity contribution < 1.29 is 9.90 Å². The SMILES string of the molecule is CC(C)CN(CC1CC1C(=O)O)C(C)C. The van der Waals surface area contributed by atoms with Crippen LogP contribution in [0.15, 0.2) is 0 Å². The molecule has 1 saturated carbocycles. The van der Waals surface area contributed by atoms with E-state index in [-0.39, 0.29) is 5.92 Å². The van der Waals surface area contributed by atoms with Gasteiger partial charge in [0, 0.05) is 19.1 Å². The van der Waals surface area contributed by atoms with Gasteiger partial charge in [-0.1, -0.05) is 13.8 Å². The Morgan fingerprint density at radius 3 is 2.33 bits per heavy atom. The fourth-order valence-electron chi connectivity index (χ4n) is 2.02. The molecule has 0 aliphatic heterocycles. The van der Waals surface area contributed by atoms with Crippen molar-refractivity contribution in [1.82, 2.24) is 4.90 Å². The topological polar surface area (TPSA) is 40.5 Å². The number of hydrogen-bond donors (Lipinski definition) is 1. The molecule has 1 N–H and O–H groups in total. The van der Waals surface area contributed by atoms with Crippen LogP contribution in [0.25, 0.3) is 0 Å². The molecule has 0 saturated heterocycles. The Balaban J connectivity index is 2.36. The molecular weight excluding hydrogens is 190 g/mol. The fourth-order valence-corrected chi connectivity index (χ4v) is 2.02. The van der Waals surface area contributed by atoms with E-state index in [9.17, 15) is 4.79 Å². The van der Waals surface area contributed by atoms with Crippen LogP contribution in [-0.2, 0) is 4.79 Å². The van der Waals surface area contributed by atoms with Crippen molar-refractivity contribution in [3.8, 4) is 0 Å². The molecule has 0 aromatic rings. The molecule has 0 heterocycles. The van der Waals surface area contributed by atoms with E-state index < -0.39 is 5.97 Å². The molecule has 0 amide bonds. The predicted molar refractivity (Wildman–Crippen MR) is 60.8 cm³/mol. The first-order valence-electron chi connectivity index (χ1n) is 5.88. The minimum Gasteiger partial charge on any atom is -0.481 e. The third kappa shape index (κ3) is 3.82. The number of hydrogen-bond acceptors (Lipinski definition) is 2. The van der Waals surface area contributed by atoms with Gasteiger partial charge < -0.3 is 10.0 Å². The average molecular weight is 213 g/mol. The van der Waals surface area contributed by atoms with Crippen molar-refractivity contribution in [2.24, 2.45) is 17.8 Å². The predicted octanol–water partition coefficient (Wildman–Crippen LogP) is 2.07. The normalized spacial score (nSPS) is 25.3. The highest BCUT2D eigenvalue weighted by molar-refractivity contribution is 5.73. The van der Waals surface area contributed by atoms with E-state index in [1.54, 1.807) is 0 Å². The fraction of sp³-hybridized carbons (Fsp3) is 0.917. The lowest BCUT2D eigenvalue weighted by Gasteiger charge is -2.28. The Hall–Kier alpha value is -0.570. The second-order valence-electron chi connectivity index (χ2n) is 5.38. The summed E-state index contributed by atoms with van der Waals surface area (Å²) in [6.07, 6.45) is 0.872. The zero-order valence-corrected chi connectivity index (χ0v) is 10.2. The van der Waals surface area contributed by atoms with Crippen LogP contribution in [0.2, 0.25) is 0 Å². The molecule has 1 aliphatic rings. The van der Waals surface area contributed by atoms with Gasteiger partial charge >= 0.3 is 5.97 Å². The quantitative estimate of drug-likeness (QED) is 0.734. The molecule has 2 unspecified atom stereocenters. The maximum Gasteiger partial charge on any atom is 0.306 e. The second kappa shape index (κ2) is 4.97. The van der Waals surface area contributed by atoms with Gasteiger partial charge in [0.25, 0.3) is 0 Å². The Labute approximate surface area is 92.5 Å². The molecule has 2 atom stereocenters. The molecule has 3 heteroatoms. The van der Waals surface area contributed by atoms with E-state index in [0.717, 1.165) is 19.5 Å². The van der Waals surface area contributed by atoms with Crippen molar-refractivity contribution in [1.29, 1.82) is 0 Å². The molecule has 0 bridgehead atoms. The lowest BCUT2D eigenvalue weighted by atomic mass is 10.1. The molecule has 0 radical (unpaired) electrons. The Kier molecular flexibility index (Phi) is 4.14. The monoisotopic (exact) mass is 213 g/mol. The number of nitrogens with zero attached hydrogens (tertiary/aromatic N) is 1. The van der Waals surface area contributed by atoms with Gasteiger partial charge in [0.2, 0.25) is 0 Å². The summed E-state index contributed by atoms with van der Waals surface area (Å²) >= 11 is 0. The highest BCUT2D eigenvalue weighted by Gasteiger charge is 2.43. The summed E-state index contributed by atoms with van der Waals surface area (Å²) in [5.74, 6) is 0.352. The first-order valence-corrected chi connectivity index (χ1v) is 5.88. The van der Waals surface area contributed by atoms with Gasteiger partial charge in [-0.05, 0) is 32.1 Å². The first kappa shape index (κ1) is 12.5. The van der Waals surface area contributed by atoms with Gasteiger partial charge in [-0.2, -0.15) is 0 Å². The van der Waals surface area contributed by atoms with Gasteiger partial charge in [-0.3, -0.25) is 4.79 Å². The van der Waals surface area contributed by atoms with E-state index in [2.05, 4.69) is 32.6 Å². The molecule has 0 aromatic heterocycles. The van der Waals surface area contributed by atoms with Gasteiger partial charge in [0.1, 0.15) is 0 Å². The summed E-state index contributed by atoms with van der Waals surface area (Å²) in [7, 11) is 0. The van der Waals surface area contributed by atoms with Crippen molar-refractivity contribution in [3.05, 3.63) is 0 Å². The van der Waals surface area contributed by atoms with E-state index in [0.29, 0.717) is 17.9 Å². The van der Waals surface area contributed by atoms with Crippen LogP contribution in [0.4, 0.5) is 0 Å². The number of carboxylic acid groups (broad SMARTS) is 1. The van der Waals surface area contributed by atoms with E-state index in [1.807, 2.05) is 0 Å². The molecule has 0 aromatic carbocycles. The van der Waals surface area contributed by atoms with Crippen LogP contribution in [0, 0.1) is 17.8 Å². The van der Waals surface area contributed by atoms with Gasteiger partial charge in [0.15, 0.2) is 0 Å². The largest absolute Gasteiger partial charge is 0.481 e. The first-order chi connectivity index (χ1) is 6.91. The van der Waals surface area contributed by atoms with E-state index >= 15 is 0 Å². The number of rotatable bonds is 6. The molecule has 3 nitrogen and oxygen atoms in total. The zero-order chi connectivity index (χ0) is 11.6. The van der Waals surface area contributed by atoms with Crippen LogP contribution in [0.3, 0.4) is 0 Å². The standard InChI is InChI=1S/C12H23NO2/c1-8(2)6-13(9(3)4)7-10-5-11(10)12(14)15/h8-11H,5-7H2,1-4H3,(H,14,15). The molecule has 15 heavy (non-hydrogen) atoms. The Bertz CT molecular complexity index is 226. The zero-order valence-electron chi connectivity index (χ0n) is 10.2. The summed E-state index contributed by atoms with van der Waals surface area (Å²) in [5.41, 5.74) is 0.